The molecule has 1 aliphatic rings. The van der Waals surface area contributed by atoms with Crippen molar-refractivity contribution in [3.05, 3.63) is 42.0 Å². The lowest BCUT2D eigenvalue weighted by molar-refractivity contribution is -0.117. The zero-order valence-corrected chi connectivity index (χ0v) is 18.4. The highest BCUT2D eigenvalue weighted by molar-refractivity contribution is 5.96. The highest BCUT2D eigenvalue weighted by Crippen LogP contribution is 2.38. The zero-order chi connectivity index (χ0) is 22.4. The topological polar surface area (TPSA) is 89.1 Å². The fourth-order valence-electron chi connectivity index (χ4n) is 3.93. The number of rotatable bonds is 8. The summed E-state index contributed by atoms with van der Waals surface area (Å²) in [5.74, 6) is 1.71. The number of nitrogens with zero attached hydrogens (tertiary/aromatic N) is 1. The first kappa shape index (κ1) is 22.4. The minimum atomic E-state index is -0.186. The fourth-order valence-corrected chi connectivity index (χ4v) is 3.93. The number of carbonyl (C=O) groups excluding carboxylic acids is 2. The van der Waals surface area contributed by atoms with E-state index in [2.05, 4.69) is 15.5 Å². The Balaban J connectivity index is 1.75. The molecular weight excluding hydrogens is 398 g/mol. The van der Waals surface area contributed by atoms with Crippen LogP contribution in [0.3, 0.4) is 0 Å². The van der Waals surface area contributed by atoms with Gasteiger partial charge in [0, 0.05) is 24.2 Å². The molecule has 0 spiro atoms. The third-order valence-corrected chi connectivity index (χ3v) is 5.30. The molecule has 0 radical (unpaired) electrons. The third-order valence-electron chi connectivity index (χ3n) is 5.30. The maximum atomic E-state index is 12.9. The number of anilines is 2. The van der Waals surface area contributed by atoms with Crippen molar-refractivity contribution >= 4 is 23.2 Å². The Bertz CT molecular complexity index is 947. The number of hydrogen-bond donors (Lipinski definition) is 2. The summed E-state index contributed by atoms with van der Waals surface area (Å²) in [6.07, 6.45) is 1.91. The van der Waals surface area contributed by atoms with Crippen LogP contribution in [0.15, 0.2) is 36.4 Å². The van der Waals surface area contributed by atoms with E-state index in [1.165, 1.54) is 14.0 Å². The first-order chi connectivity index (χ1) is 14.9. The minimum Gasteiger partial charge on any atom is -0.497 e. The predicted octanol–water partition coefficient (Wildman–Crippen LogP) is 3.45. The molecule has 0 aliphatic carbocycles. The van der Waals surface area contributed by atoms with Crippen LogP contribution in [0.5, 0.6) is 17.2 Å². The highest BCUT2D eigenvalue weighted by Gasteiger charge is 2.30. The van der Waals surface area contributed by atoms with Crippen LogP contribution in [-0.2, 0) is 9.59 Å². The molecule has 3 rings (SSSR count). The number of likely N-dealkylation sites (tertiary alicyclic amines) is 1. The first-order valence-electron chi connectivity index (χ1n) is 10.2. The van der Waals surface area contributed by atoms with Crippen LogP contribution in [-0.4, -0.2) is 51.1 Å². The molecule has 2 N–H and O–H groups in total. The zero-order valence-electron chi connectivity index (χ0n) is 18.4. The Morgan fingerprint density at radius 1 is 1.00 bits per heavy atom. The van der Waals surface area contributed by atoms with Crippen molar-refractivity contribution in [1.82, 2.24) is 4.90 Å². The van der Waals surface area contributed by atoms with E-state index < -0.39 is 0 Å². The van der Waals surface area contributed by atoms with Crippen molar-refractivity contribution in [2.75, 3.05) is 45.1 Å². The molecule has 0 bridgehead atoms. The van der Waals surface area contributed by atoms with E-state index in [0.717, 1.165) is 36.4 Å². The van der Waals surface area contributed by atoms with Gasteiger partial charge >= 0.3 is 0 Å². The SMILES string of the molecule is COc1ccc(OC)c([C@H]2CCCN2CC(=O)Nc2cc(NC(C)=O)ccc2OC)c1. The molecule has 2 aromatic carbocycles. The smallest absolute Gasteiger partial charge is 0.238 e. The van der Waals surface area contributed by atoms with Gasteiger partial charge in [0.25, 0.3) is 0 Å². The molecule has 1 saturated heterocycles. The van der Waals surface area contributed by atoms with E-state index in [1.54, 1.807) is 32.4 Å². The lowest BCUT2D eigenvalue weighted by Gasteiger charge is -2.26. The largest absolute Gasteiger partial charge is 0.497 e. The summed E-state index contributed by atoms with van der Waals surface area (Å²) in [7, 11) is 4.81. The lowest BCUT2D eigenvalue weighted by atomic mass is 10.0. The van der Waals surface area contributed by atoms with Gasteiger partial charge in [-0.2, -0.15) is 0 Å². The van der Waals surface area contributed by atoms with Gasteiger partial charge in [-0.3, -0.25) is 14.5 Å². The Labute approximate surface area is 182 Å². The Morgan fingerprint density at radius 2 is 1.74 bits per heavy atom. The van der Waals surface area contributed by atoms with Crippen molar-refractivity contribution in [2.45, 2.75) is 25.8 Å². The molecule has 1 aliphatic heterocycles. The van der Waals surface area contributed by atoms with E-state index in [-0.39, 0.29) is 24.4 Å². The molecule has 8 heteroatoms. The number of carbonyl (C=O) groups is 2. The van der Waals surface area contributed by atoms with Crippen LogP contribution in [0.1, 0.15) is 31.4 Å². The Kier molecular flexibility index (Phi) is 7.36. The van der Waals surface area contributed by atoms with Gasteiger partial charge < -0.3 is 24.8 Å². The van der Waals surface area contributed by atoms with Gasteiger partial charge in [0.05, 0.1) is 33.6 Å². The number of benzene rings is 2. The molecule has 0 aromatic heterocycles. The van der Waals surface area contributed by atoms with Crippen molar-refractivity contribution in [1.29, 1.82) is 0 Å². The van der Waals surface area contributed by atoms with Gasteiger partial charge in [0.15, 0.2) is 0 Å². The van der Waals surface area contributed by atoms with Crippen LogP contribution in [0.25, 0.3) is 0 Å². The van der Waals surface area contributed by atoms with E-state index in [4.69, 9.17) is 14.2 Å². The molecular formula is C23H29N3O5. The monoisotopic (exact) mass is 427 g/mol. The quantitative estimate of drug-likeness (QED) is 0.671. The summed E-state index contributed by atoms with van der Waals surface area (Å²) in [5.41, 5.74) is 2.11. The molecule has 0 unspecified atom stereocenters. The van der Waals surface area contributed by atoms with Crippen molar-refractivity contribution in [3.63, 3.8) is 0 Å². The van der Waals surface area contributed by atoms with E-state index in [9.17, 15) is 9.59 Å². The number of methoxy groups -OCH3 is 3. The van der Waals surface area contributed by atoms with Crippen LogP contribution < -0.4 is 24.8 Å². The number of ether oxygens (including phenoxy) is 3. The minimum absolute atomic E-state index is 0.0587. The number of amides is 2. The van der Waals surface area contributed by atoms with E-state index in [1.807, 2.05) is 18.2 Å². The second-order valence-electron chi connectivity index (χ2n) is 7.38. The predicted molar refractivity (Wildman–Crippen MR) is 119 cm³/mol. The summed E-state index contributed by atoms with van der Waals surface area (Å²) in [4.78, 5) is 26.4. The molecule has 31 heavy (non-hydrogen) atoms. The fraction of sp³-hybridized carbons (Fsp3) is 0.391. The highest BCUT2D eigenvalue weighted by atomic mass is 16.5. The summed E-state index contributed by atoms with van der Waals surface area (Å²) in [6.45, 7) is 2.46. The molecule has 1 fully saturated rings. The first-order valence-corrected chi connectivity index (χ1v) is 10.2. The molecule has 8 nitrogen and oxygen atoms in total. The summed E-state index contributed by atoms with van der Waals surface area (Å²) in [6, 6.07) is 10.9. The summed E-state index contributed by atoms with van der Waals surface area (Å²) in [5, 5.41) is 5.63. The van der Waals surface area contributed by atoms with Crippen LogP contribution in [0.4, 0.5) is 11.4 Å². The molecule has 2 aromatic rings. The van der Waals surface area contributed by atoms with Crippen molar-refractivity contribution < 1.29 is 23.8 Å². The van der Waals surface area contributed by atoms with Crippen LogP contribution >= 0.6 is 0 Å². The number of nitrogens with one attached hydrogen (secondary N) is 2. The molecule has 2 amide bonds. The van der Waals surface area contributed by atoms with Crippen LogP contribution in [0, 0.1) is 0 Å². The Morgan fingerprint density at radius 3 is 2.42 bits per heavy atom. The van der Waals surface area contributed by atoms with Gasteiger partial charge in [-0.1, -0.05) is 0 Å². The average molecular weight is 428 g/mol. The molecule has 1 atom stereocenters. The van der Waals surface area contributed by atoms with Gasteiger partial charge in [-0.25, -0.2) is 0 Å². The van der Waals surface area contributed by atoms with Crippen LogP contribution in [0.2, 0.25) is 0 Å². The normalized spacial score (nSPS) is 15.9. The standard InChI is InChI=1S/C23H29N3O5/c1-15(27)24-16-7-9-22(31-4)19(12-16)25-23(28)14-26-11-5-6-20(26)18-13-17(29-2)8-10-21(18)30-3/h7-10,12-13,20H,5-6,11,14H2,1-4H3,(H,24,27)(H,25,28)/t20-/m1/s1. The Hall–Kier alpha value is -3.26. The van der Waals surface area contributed by atoms with Gasteiger partial charge in [-0.15, -0.1) is 0 Å². The third kappa shape index (κ3) is 5.46. The summed E-state index contributed by atoms with van der Waals surface area (Å²) < 4.78 is 16.3. The molecule has 166 valence electrons. The van der Waals surface area contributed by atoms with Crippen molar-refractivity contribution in [3.8, 4) is 17.2 Å². The molecule has 1 heterocycles. The average Bonchev–Trinajstić information content (AvgIpc) is 3.20. The van der Waals surface area contributed by atoms with Gasteiger partial charge in [0.2, 0.25) is 11.8 Å². The van der Waals surface area contributed by atoms with E-state index >= 15 is 0 Å². The van der Waals surface area contributed by atoms with Gasteiger partial charge in [-0.05, 0) is 55.8 Å². The second kappa shape index (κ2) is 10.2. The van der Waals surface area contributed by atoms with Gasteiger partial charge in [0.1, 0.15) is 17.2 Å². The molecule has 0 saturated carbocycles. The lowest BCUT2D eigenvalue weighted by Crippen LogP contribution is -2.33. The maximum absolute atomic E-state index is 12.9. The number of hydrogen-bond acceptors (Lipinski definition) is 6. The van der Waals surface area contributed by atoms with E-state index in [0.29, 0.717) is 17.1 Å². The van der Waals surface area contributed by atoms with Crippen molar-refractivity contribution in [2.24, 2.45) is 0 Å². The summed E-state index contributed by atoms with van der Waals surface area (Å²) >= 11 is 0. The second-order valence-corrected chi connectivity index (χ2v) is 7.38. The maximum Gasteiger partial charge on any atom is 0.238 e.